The first-order valence-corrected chi connectivity index (χ1v) is 7.69. The quantitative estimate of drug-likeness (QED) is 0.628. The molecule has 0 spiro atoms. The Hall–Kier alpha value is -2.44. The summed E-state index contributed by atoms with van der Waals surface area (Å²) in [6, 6.07) is 8.05. The standard InChI is InChI=1S/C16H14Cl2N4O2/c1-10(21-22-16(24)11-3-2-6-19-9-11)7-15(23)20-12-4-5-13(17)14(18)8-12/h2-6,8-9H,7H2,1H3,(H,20,23)(H,22,24). The van der Waals surface area contributed by atoms with Gasteiger partial charge >= 0.3 is 0 Å². The maximum absolute atomic E-state index is 11.9. The molecular formula is C16H14Cl2N4O2. The number of hydrogen-bond acceptors (Lipinski definition) is 4. The van der Waals surface area contributed by atoms with Crippen LogP contribution in [0.15, 0.2) is 47.8 Å². The van der Waals surface area contributed by atoms with Crippen molar-refractivity contribution in [1.29, 1.82) is 0 Å². The molecule has 1 aromatic carbocycles. The molecule has 2 rings (SSSR count). The monoisotopic (exact) mass is 364 g/mol. The van der Waals surface area contributed by atoms with Crippen molar-refractivity contribution in [1.82, 2.24) is 10.4 Å². The number of benzene rings is 1. The Labute approximate surface area is 148 Å². The molecule has 0 saturated heterocycles. The minimum Gasteiger partial charge on any atom is -0.326 e. The van der Waals surface area contributed by atoms with E-state index in [1.165, 1.54) is 6.20 Å². The molecule has 0 aliphatic carbocycles. The number of anilines is 1. The van der Waals surface area contributed by atoms with Crippen LogP contribution in [0, 0.1) is 0 Å². The molecule has 2 N–H and O–H groups in total. The second-order valence-corrected chi connectivity index (χ2v) is 5.70. The fourth-order valence-electron chi connectivity index (χ4n) is 1.76. The molecule has 0 aliphatic rings. The van der Waals surface area contributed by atoms with Crippen molar-refractivity contribution < 1.29 is 9.59 Å². The topological polar surface area (TPSA) is 83.5 Å². The first-order chi connectivity index (χ1) is 11.5. The molecule has 24 heavy (non-hydrogen) atoms. The van der Waals surface area contributed by atoms with Gasteiger partial charge in [-0.05, 0) is 37.3 Å². The van der Waals surface area contributed by atoms with Crippen LogP contribution in [0.4, 0.5) is 5.69 Å². The summed E-state index contributed by atoms with van der Waals surface area (Å²) in [5.74, 6) is -0.683. The molecule has 124 valence electrons. The fourth-order valence-corrected chi connectivity index (χ4v) is 2.06. The summed E-state index contributed by atoms with van der Waals surface area (Å²) in [7, 11) is 0. The van der Waals surface area contributed by atoms with E-state index in [1.54, 1.807) is 43.5 Å². The number of carbonyl (C=O) groups is 2. The molecule has 0 fully saturated rings. The number of halogens is 2. The summed E-state index contributed by atoms with van der Waals surface area (Å²) in [6.45, 7) is 1.64. The van der Waals surface area contributed by atoms with Crippen molar-refractivity contribution in [3.63, 3.8) is 0 Å². The van der Waals surface area contributed by atoms with Crippen molar-refractivity contribution in [2.45, 2.75) is 13.3 Å². The van der Waals surface area contributed by atoms with E-state index < -0.39 is 5.91 Å². The highest BCUT2D eigenvalue weighted by atomic mass is 35.5. The molecule has 6 nitrogen and oxygen atoms in total. The lowest BCUT2D eigenvalue weighted by atomic mass is 10.2. The third kappa shape index (κ3) is 5.33. The number of carbonyl (C=O) groups excluding carboxylic acids is 2. The average Bonchev–Trinajstić information content (AvgIpc) is 2.56. The molecule has 0 unspecified atom stereocenters. The predicted molar refractivity (Wildman–Crippen MR) is 94.5 cm³/mol. The van der Waals surface area contributed by atoms with Crippen LogP contribution >= 0.6 is 23.2 Å². The maximum Gasteiger partial charge on any atom is 0.272 e. The summed E-state index contributed by atoms with van der Waals surface area (Å²) >= 11 is 11.7. The van der Waals surface area contributed by atoms with E-state index in [9.17, 15) is 9.59 Å². The van der Waals surface area contributed by atoms with E-state index in [4.69, 9.17) is 23.2 Å². The summed E-state index contributed by atoms with van der Waals surface area (Å²) in [4.78, 5) is 27.6. The first kappa shape index (κ1) is 17.9. The molecular weight excluding hydrogens is 351 g/mol. The smallest absolute Gasteiger partial charge is 0.272 e. The van der Waals surface area contributed by atoms with Gasteiger partial charge in [0.05, 0.1) is 22.0 Å². The lowest BCUT2D eigenvalue weighted by molar-refractivity contribution is -0.115. The van der Waals surface area contributed by atoms with Crippen molar-refractivity contribution in [2.75, 3.05) is 5.32 Å². The largest absolute Gasteiger partial charge is 0.326 e. The zero-order valence-electron chi connectivity index (χ0n) is 12.7. The molecule has 0 radical (unpaired) electrons. The Morgan fingerprint density at radius 1 is 1.21 bits per heavy atom. The van der Waals surface area contributed by atoms with E-state index in [2.05, 4.69) is 20.8 Å². The van der Waals surface area contributed by atoms with Crippen LogP contribution in [-0.2, 0) is 4.79 Å². The Balaban J connectivity index is 1.88. The average molecular weight is 365 g/mol. The Morgan fingerprint density at radius 2 is 2.00 bits per heavy atom. The van der Waals surface area contributed by atoms with Gasteiger partial charge < -0.3 is 5.32 Å². The predicted octanol–water partition coefficient (Wildman–Crippen LogP) is 3.52. The highest BCUT2D eigenvalue weighted by Gasteiger charge is 2.08. The normalized spacial score (nSPS) is 11.0. The highest BCUT2D eigenvalue weighted by Crippen LogP contribution is 2.25. The minimum atomic E-state index is -0.396. The van der Waals surface area contributed by atoms with Crippen molar-refractivity contribution in [2.24, 2.45) is 5.10 Å². The third-order valence-corrected chi connectivity index (χ3v) is 3.63. The van der Waals surface area contributed by atoms with Gasteiger partial charge in [-0.15, -0.1) is 0 Å². The molecule has 1 heterocycles. The Bertz CT molecular complexity index is 779. The molecule has 1 aromatic heterocycles. The van der Waals surface area contributed by atoms with Crippen LogP contribution < -0.4 is 10.7 Å². The lowest BCUT2D eigenvalue weighted by Gasteiger charge is -2.06. The Morgan fingerprint density at radius 3 is 2.67 bits per heavy atom. The molecule has 2 amide bonds. The number of amides is 2. The maximum atomic E-state index is 11.9. The van der Waals surface area contributed by atoms with Crippen LogP contribution in [-0.4, -0.2) is 22.5 Å². The zero-order valence-corrected chi connectivity index (χ0v) is 14.2. The number of pyridine rings is 1. The number of nitrogens with zero attached hydrogens (tertiary/aromatic N) is 2. The van der Waals surface area contributed by atoms with Gasteiger partial charge in [0.1, 0.15) is 0 Å². The summed E-state index contributed by atoms with van der Waals surface area (Å²) in [5.41, 5.74) is 3.74. The van der Waals surface area contributed by atoms with Crippen LogP contribution in [0.5, 0.6) is 0 Å². The van der Waals surface area contributed by atoms with Crippen molar-refractivity contribution in [3.8, 4) is 0 Å². The second-order valence-electron chi connectivity index (χ2n) is 4.88. The van der Waals surface area contributed by atoms with Gasteiger partial charge in [-0.2, -0.15) is 5.10 Å². The van der Waals surface area contributed by atoms with E-state index >= 15 is 0 Å². The van der Waals surface area contributed by atoms with E-state index in [0.29, 0.717) is 27.0 Å². The first-order valence-electron chi connectivity index (χ1n) is 6.94. The van der Waals surface area contributed by atoms with Gasteiger partial charge in [0.25, 0.3) is 5.91 Å². The van der Waals surface area contributed by atoms with Gasteiger partial charge in [0.15, 0.2) is 0 Å². The summed E-state index contributed by atoms with van der Waals surface area (Å²) in [6.07, 6.45) is 3.02. The van der Waals surface area contributed by atoms with Crippen LogP contribution in [0.3, 0.4) is 0 Å². The molecule has 0 aliphatic heterocycles. The number of nitrogens with one attached hydrogen (secondary N) is 2. The molecule has 0 saturated carbocycles. The van der Waals surface area contributed by atoms with Gasteiger partial charge in [-0.1, -0.05) is 23.2 Å². The van der Waals surface area contributed by atoms with Gasteiger partial charge in [-0.3, -0.25) is 14.6 Å². The number of hydrogen-bond donors (Lipinski definition) is 2. The van der Waals surface area contributed by atoms with E-state index in [1.807, 2.05) is 0 Å². The number of rotatable bonds is 5. The highest BCUT2D eigenvalue weighted by molar-refractivity contribution is 6.42. The molecule has 8 heteroatoms. The Kier molecular flexibility index (Phi) is 6.28. The van der Waals surface area contributed by atoms with Crippen molar-refractivity contribution in [3.05, 3.63) is 58.3 Å². The van der Waals surface area contributed by atoms with Gasteiger partial charge in [0.2, 0.25) is 5.91 Å². The van der Waals surface area contributed by atoms with E-state index in [0.717, 1.165) is 0 Å². The number of aromatic nitrogens is 1. The van der Waals surface area contributed by atoms with Gasteiger partial charge in [0, 0.05) is 23.8 Å². The van der Waals surface area contributed by atoms with Crippen LogP contribution in [0.1, 0.15) is 23.7 Å². The third-order valence-electron chi connectivity index (χ3n) is 2.89. The SMILES string of the molecule is CC(CC(=O)Nc1ccc(Cl)c(Cl)c1)=NNC(=O)c1cccnc1. The fraction of sp³-hybridized carbons (Fsp3) is 0.125. The van der Waals surface area contributed by atoms with Crippen molar-refractivity contribution >= 4 is 46.4 Å². The lowest BCUT2D eigenvalue weighted by Crippen LogP contribution is -2.21. The second kappa shape index (κ2) is 8.42. The molecule has 0 bridgehead atoms. The van der Waals surface area contributed by atoms with Crippen LogP contribution in [0.2, 0.25) is 10.0 Å². The summed E-state index contributed by atoms with van der Waals surface area (Å²) < 4.78 is 0. The van der Waals surface area contributed by atoms with Gasteiger partial charge in [-0.25, -0.2) is 5.43 Å². The van der Waals surface area contributed by atoms with E-state index in [-0.39, 0.29) is 12.3 Å². The zero-order chi connectivity index (χ0) is 17.5. The number of hydrazone groups is 1. The molecule has 2 aromatic rings. The minimum absolute atomic E-state index is 0.0214. The summed E-state index contributed by atoms with van der Waals surface area (Å²) in [5, 5.41) is 7.33. The molecule has 0 atom stereocenters. The van der Waals surface area contributed by atoms with Crippen LogP contribution in [0.25, 0.3) is 0 Å².